The van der Waals surface area contributed by atoms with Crippen molar-refractivity contribution < 1.29 is 19.0 Å². The Morgan fingerprint density at radius 3 is 2.56 bits per heavy atom. The van der Waals surface area contributed by atoms with Gasteiger partial charge < -0.3 is 19.5 Å². The summed E-state index contributed by atoms with van der Waals surface area (Å²) in [5.41, 5.74) is 2.54. The van der Waals surface area contributed by atoms with Crippen molar-refractivity contribution in [3.05, 3.63) is 64.3 Å². The number of allylic oxidation sites excluding steroid dienone is 1. The lowest BCUT2D eigenvalue weighted by molar-refractivity contribution is -0.139. The van der Waals surface area contributed by atoms with Crippen LogP contribution >= 0.6 is 11.6 Å². The van der Waals surface area contributed by atoms with Gasteiger partial charge in [-0.3, -0.25) is 0 Å². The van der Waals surface area contributed by atoms with Crippen LogP contribution in [0.1, 0.15) is 25.5 Å². The maximum atomic E-state index is 13.0. The highest BCUT2D eigenvalue weighted by molar-refractivity contribution is 6.30. The first-order chi connectivity index (χ1) is 15.5. The zero-order valence-corrected chi connectivity index (χ0v) is 18.9. The van der Waals surface area contributed by atoms with E-state index in [0.29, 0.717) is 45.1 Å². The van der Waals surface area contributed by atoms with E-state index in [1.165, 1.54) is 0 Å². The van der Waals surface area contributed by atoms with Crippen LogP contribution in [0, 0.1) is 0 Å². The molecule has 3 aromatic rings. The van der Waals surface area contributed by atoms with Crippen LogP contribution in [-0.4, -0.2) is 41.6 Å². The van der Waals surface area contributed by atoms with Crippen LogP contribution in [0.4, 0.5) is 5.95 Å². The average molecular weight is 455 g/mol. The molecule has 1 aromatic heterocycles. The molecule has 8 nitrogen and oxygen atoms in total. The van der Waals surface area contributed by atoms with E-state index in [1.54, 1.807) is 50.1 Å². The molecule has 0 aliphatic carbocycles. The maximum Gasteiger partial charge on any atom is 0.338 e. The van der Waals surface area contributed by atoms with Gasteiger partial charge in [0.05, 0.1) is 26.4 Å². The number of esters is 1. The van der Waals surface area contributed by atoms with Crippen LogP contribution in [0.5, 0.6) is 11.5 Å². The Hall–Kier alpha value is -3.52. The number of nitrogens with one attached hydrogen (secondary N) is 1. The van der Waals surface area contributed by atoms with E-state index in [2.05, 4.69) is 10.3 Å². The highest BCUT2D eigenvalue weighted by Gasteiger charge is 2.37. The molecule has 1 atom stereocenters. The zero-order valence-electron chi connectivity index (χ0n) is 18.2. The van der Waals surface area contributed by atoms with Crippen LogP contribution in [0.2, 0.25) is 5.02 Å². The van der Waals surface area contributed by atoms with Gasteiger partial charge in [0.2, 0.25) is 5.95 Å². The van der Waals surface area contributed by atoms with Crippen molar-refractivity contribution in [2.45, 2.75) is 19.9 Å². The van der Waals surface area contributed by atoms with Gasteiger partial charge in [-0.25, -0.2) is 9.48 Å². The third-order valence-corrected chi connectivity index (χ3v) is 5.43. The molecule has 0 bridgehead atoms. The van der Waals surface area contributed by atoms with E-state index in [9.17, 15) is 4.79 Å². The first-order valence-corrected chi connectivity index (χ1v) is 10.4. The molecule has 1 unspecified atom stereocenters. The summed E-state index contributed by atoms with van der Waals surface area (Å²) in [4.78, 5) is 17.7. The fourth-order valence-corrected chi connectivity index (χ4v) is 3.81. The molecule has 9 heteroatoms. The standard InChI is InChI=1S/C23H23ClN4O4/c1-5-32-22(29)19-13(2)25-23-26-21(14-6-8-15(24)9-7-14)27-28(23)20(19)17-12-16(30-3)10-11-18(17)31-4/h6-12,20H,5H2,1-4H3,(H,25,26,27). The van der Waals surface area contributed by atoms with E-state index in [1.807, 2.05) is 25.1 Å². The highest BCUT2D eigenvalue weighted by Crippen LogP contribution is 2.41. The van der Waals surface area contributed by atoms with Crippen molar-refractivity contribution in [1.82, 2.24) is 14.8 Å². The normalized spacial score (nSPS) is 15.1. The van der Waals surface area contributed by atoms with Crippen LogP contribution in [0.3, 0.4) is 0 Å². The summed E-state index contributed by atoms with van der Waals surface area (Å²) in [7, 11) is 3.16. The number of ether oxygens (including phenoxy) is 3. The van der Waals surface area contributed by atoms with E-state index in [4.69, 9.17) is 30.9 Å². The molecule has 0 fully saturated rings. The number of carbonyl (C=O) groups is 1. The fourth-order valence-electron chi connectivity index (χ4n) is 3.69. The molecule has 4 rings (SSSR count). The van der Waals surface area contributed by atoms with E-state index < -0.39 is 12.0 Å². The number of anilines is 1. The lowest BCUT2D eigenvalue weighted by Gasteiger charge is -2.29. The lowest BCUT2D eigenvalue weighted by atomic mass is 9.94. The van der Waals surface area contributed by atoms with Crippen molar-refractivity contribution >= 4 is 23.5 Å². The third-order valence-electron chi connectivity index (χ3n) is 5.18. The van der Waals surface area contributed by atoms with Gasteiger partial charge in [-0.05, 0) is 56.3 Å². The van der Waals surface area contributed by atoms with Gasteiger partial charge in [0.1, 0.15) is 17.5 Å². The van der Waals surface area contributed by atoms with Crippen molar-refractivity contribution in [3.8, 4) is 22.9 Å². The van der Waals surface area contributed by atoms with E-state index in [-0.39, 0.29) is 6.61 Å². The number of rotatable bonds is 6. The largest absolute Gasteiger partial charge is 0.497 e. The number of nitrogens with zero attached hydrogens (tertiary/aromatic N) is 3. The quantitative estimate of drug-likeness (QED) is 0.550. The zero-order chi connectivity index (χ0) is 22.8. The van der Waals surface area contributed by atoms with Gasteiger partial charge in [0.15, 0.2) is 5.82 Å². The summed E-state index contributed by atoms with van der Waals surface area (Å²) < 4.78 is 18.1. The molecule has 0 radical (unpaired) electrons. The number of carbonyl (C=O) groups excluding carboxylic acids is 1. The molecule has 1 aliphatic rings. The average Bonchev–Trinajstić information content (AvgIpc) is 3.21. The SMILES string of the molecule is CCOC(=O)C1=C(C)Nc2nc(-c3ccc(Cl)cc3)nn2C1c1cc(OC)ccc1OC. The Balaban J connectivity index is 1.92. The number of aromatic nitrogens is 3. The monoisotopic (exact) mass is 454 g/mol. The Morgan fingerprint density at radius 2 is 1.91 bits per heavy atom. The molecule has 0 saturated heterocycles. The summed E-state index contributed by atoms with van der Waals surface area (Å²) in [5.74, 6) is 1.76. The Labute approximate surface area is 190 Å². The molecule has 2 aromatic carbocycles. The first-order valence-electron chi connectivity index (χ1n) is 10.1. The topological polar surface area (TPSA) is 87.5 Å². The van der Waals surface area contributed by atoms with Gasteiger partial charge in [-0.2, -0.15) is 4.98 Å². The number of halogens is 1. The number of methoxy groups -OCH3 is 2. The van der Waals surface area contributed by atoms with Gasteiger partial charge >= 0.3 is 5.97 Å². The number of hydrogen-bond acceptors (Lipinski definition) is 7. The van der Waals surface area contributed by atoms with Crippen molar-refractivity contribution in [1.29, 1.82) is 0 Å². The van der Waals surface area contributed by atoms with E-state index >= 15 is 0 Å². The summed E-state index contributed by atoms with van der Waals surface area (Å²) in [6, 6.07) is 12.0. The van der Waals surface area contributed by atoms with Crippen LogP contribution in [0.25, 0.3) is 11.4 Å². The lowest BCUT2D eigenvalue weighted by Crippen LogP contribution is -2.30. The predicted molar refractivity (Wildman–Crippen MR) is 121 cm³/mol. The number of benzene rings is 2. The molecular formula is C23H23ClN4O4. The molecule has 32 heavy (non-hydrogen) atoms. The molecule has 0 amide bonds. The van der Waals surface area contributed by atoms with Crippen molar-refractivity contribution in [3.63, 3.8) is 0 Å². The maximum absolute atomic E-state index is 13.0. The van der Waals surface area contributed by atoms with Crippen molar-refractivity contribution in [2.75, 3.05) is 26.1 Å². The van der Waals surface area contributed by atoms with E-state index in [0.717, 1.165) is 5.56 Å². The second-order valence-electron chi connectivity index (χ2n) is 7.11. The minimum absolute atomic E-state index is 0.248. The molecule has 2 heterocycles. The Morgan fingerprint density at radius 1 is 1.16 bits per heavy atom. The van der Waals surface area contributed by atoms with Crippen LogP contribution in [-0.2, 0) is 9.53 Å². The second-order valence-corrected chi connectivity index (χ2v) is 7.54. The fraction of sp³-hybridized carbons (Fsp3) is 0.261. The predicted octanol–water partition coefficient (Wildman–Crippen LogP) is 4.47. The first kappa shape index (κ1) is 21.7. The highest BCUT2D eigenvalue weighted by atomic mass is 35.5. The second kappa shape index (κ2) is 8.92. The summed E-state index contributed by atoms with van der Waals surface area (Å²) in [6.45, 7) is 3.83. The molecule has 0 spiro atoms. The molecule has 1 aliphatic heterocycles. The van der Waals surface area contributed by atoms with Gasteiger partial charge in [-0.15, -0.1) is 5.10 Å². The van der Waals surface area contributed by atoms with Gasteiger partial charge in [0, 0.05) is 21.8 Å². The third kappa shape index (κ3) is 3.89. The van der Waals surface area contributed by atoms with Crippen molar-refractivity contribution in [2.24, 2.45) is 0 Å². The molecular weight excluding hydrogens is 432 g/mol. The van der Waals surface area contributed by atoms with Crippen LogP contribution in [0.15, 0.2) is 53.7 Å². The molecule has 0 saturated carbocycles. The minimum atomic E-state index is -0.635. The molecule has 1 N–H and O–H groups in total. The van der Waals surface area contributed by atoms with Gasteiger partial charge in [0.25, 0.3) is 0 Å². The Bertz CT molecular complexity index is 1190. The smallest absolute Gasteiger partial charge is 0.338 e. The summed E-state index contributed by atoms with van der Waals surface area (Å²) >= 11 is 6.03. The summed E-state index contributed by atoms with van der Waals surface area (Å²) in [5, 5.41) is 8.54. The minimum Gasteiger partial charge on any atom is -0.497 e. The molecule has 166 valence electrons. The van der Waals surface area contributed by atoms with Crippen LogP contribution < -0.4 is 14.8 Å². The number of hydrogen-bond donors (Lipinski definition) is 1. The summed E-state index contributed by atoms with van der Waals surface area (Å²) in [6.07, 6.45) is 0. The van der Waals surface area contributed by atoms with Gasteiger partial charge in [-0.1, -0.05) is 11.6 Å². The Kier molecular flexibility index (Phi) is 6.05. The number of fused-ring (bicyclic) bond motifs is 1.